The van der Waals surface area contributed by atoms with Crippen LogP contribution < -0.4 is 15.2 Å². The molecule has 62 heavy (non-hydrogen) atoms. The van der Waals surface area contributed by atoms with E-state index in [-0.39, 0.29) is 60.1 Å². The van der Waals surface area contributed by atoms with Crippen molar-refractivity contribution in [1.29, 1.82) is 0 Å². The lowest BCUT2D eigenvalue weighted by Gasteiger charge is -2.41. The summed E-state index contributed by atoms with van der Waals surface area (Å²) in [5.41, 5.74) is 11.1. The van der Waals surface area contributed by atoms with Crippen molar-refractivity contribution in [2.24, 2.45) is 5.73 Å². The Kier molecular flexibility index (Phi) is 13.7. The smallest absolute Gasteiger partial charge is 0.330 e. The molecule has 0 saturated heterocycles. The maximum atomic E-state index is 14.1. The Bertz CT molecular complexity index is 2230. The molecular formula is C49H65N3O10. The van der Waals surface area contributed by atoms with Gasteiger partial charge in [-0.15, -0.1) is 0 Å². The molecule has 0 radical (unpaired) electrons. The predicted octanol–water partition coefficient (Wildman–Crippen LogP) is 7.50. The highest BCUT2D eigenvalue weighted by molar-refractivity contribution is 6.03. The van der Waals surface area contributed by atoms with Gasteiger partial charge in [0.2, 0.25) is 0 Å². The molecule has 6 rings (SSSR count). The van der Waals surface area contributed by atoms with Gasteiger partial charge in [-0.25, -0.2) is 4.79 Å². The van der Waals surface area contributed by atoms with E-state index >= 15 is 0 Å². The average Bonchev–Trinajstić information content (AvgIpc) is 3.68. The maximum absolute atomic E-state index is 14.1. The number of nitrogens with two attached hydrogens (primary N) is 1. The van der Waals surface area contributed by atoms with E-state index in [1.807, 2.05) is 0 Å². The number of ether oxygens (including phenoxy) is 2. The van der Waals surface area contributed by atoms with Crippen LogP contribution in [0.2, 0.25) is 0 Å². The number of hydrogen-bond acceptors (Lipinski definition) is 10. The molecule has 2 aromatic rings. The first kappa shape index (κ1) is 46.4. The number of hydrogen-bond donors (Lipinski definition) is 6. The van der Waals surface area contributed by atoms with Crippen LogP contribution in [0.1, 0.15) is 150 Å². The lowest BCUT2D eigenvalue weighted by atomic mass is 9.84. The number of carbonyl (C=O) groups excluding carboxylic acids is 2. The third kappa shape index (κ3) is 9.30. The van der Waals surface area contributed by atoms with Crippen LogP contribution in [0, 0.1) is 0 Å². The number of carbonyl (C=O) groups is 3. The van der Waals surface area contributed by atoms with Gasteiger partial charge < -0.3 is 50.5 Å². The zero-order valence-electron chi connectivity index (χ0n) is 37.5. The van der Waals surface area contributed by atoms with Gasteiger partial charge in [-0.2, -0.15) is 0 Å². The zero-order chi connectivity index (χ0) is 45.4. The van der Waals surface area contributed by atoms with Gasteiger partial charge in [-0.1, -0.05) is 46.6 Å². The molecule has 6 unspecified atom stereocenters. The van der Waals surface area contributed by atoms with Crippen molar-refractivity contribution in [1.82, 2.24) is 9.80 Å². The summed E-state index contributed by atoms with van der Waals surface area (Å²) in [6.07, 6.45) is 11.2. The predicted molar refractivity (Wildman–Crippen MR) is 236 cm³/mol. The topological polar surface area (TPSA) is 203 Å². The molecule has 2 aromatic carbocycles. The summed E-state index contributed by atoms with van der Waals surface area (Å²) in [5, 5.41) is 55.5. The fraction of sp³-hybridized carbons (Fsp3) is 0.531. The Labute approximate surface area is 365 Å². The summed E-state index contributed by atoms with van der Waals surface area (Å²) in [5.74, 6) is -2.79. The van der Waals surface area contributed by atoms with Crippen molar-refractivity contribution in [3.8, 4) is 23.0 Å². The van der Waals surface area contributed by atoms with Crippen molar-refractivity contribution in [2.75, 3.05) is 0 Å². The molecule has 0 aromatic heterocycles. The highest BCUT2D eigenvalue weighted by Crippen LogP contribution is 2.49. The Morgan fingerprint density at radius 1 is 0.710 bits per heavy atom. The molecule has 4 aliphatic rings. The van der Waals surface area contributed by atoms with Gasteiger partial charge >= 0.3 is 5.97 Å². The van der Waals surface area contributed by atoms with Crippen molar-refractivity contribution in [3.05, 3.63) is 92.1 Å². The van der Waals surface area contributed by atoms with E-state index in [4.69, 9.17) is 15.2 Å². The van der Waals surface area contributed by atoms with E-state index in [0.717, 1.165) is 35.5 Å². The minimum Gasteiger partial charge on any atom is -0.508 e. The SMILES string of the molecule is CC(C)=CCC/C(C)=C/CCC1(C)Oc2c(c(O)cc3c2CN(C(N)C(C(=O)O)N2Cc4c(cc(O)c5c4OC(C)(CC/C=C(\C)CCC=C(C)C)C(O)C5)C2=O)C3=O)CC1O. The molecule has 6 atom stereocenters. The first-order valence-corrected chi connectivity index (χ1v) is 21.8. The van der Waals surface area contributed by atoms with Crippen LogP contribution in [-0.4, -0.2) is 88.7 Å². The molecule has 2 amide bonds. The van der Waals surface area contributed by atoms with E-state index in [0.29, 0.717) is 47.9 Å². The summed E-state index contributed by atoms with van der Waals surface area (Å²) < 4.78 is 13.1. The van der Waals surface area contributed by atoms with Crippen LogP contribution in [0.25, 0.3) is 0 Å². The van der Waals surface area contributed by atoms with Crippen molar-refractivity contribution >= 4 is 17.8 Å². The molecule has 0 spiro atoms. The number of allylic oxidation sites excluding steroid dienone is 8. The van der Waals surface area contributed by atoms with Crippen molar-refractivity contribution < 1.29 is 49.4 Å². The highest BCUT2D eigenvalue weighted by Gasteiger charge is 2.50. The molecule has 13 heteroatoms. The molecule has 336 valence electrons. The lowest BCUT2D eigenvalue weighted by molar-refractivity contribution is -0.144. The first-order valence-electron chi connectivity index (χ1n) is 21.8. The number of amides is 2. The standard InChI is InChI=1S/C49H65N3O10/c1-27(2)13-9-15-29(5)17-11-19-48(7)39(55)23-33-37(53)21-31-35(42(33)61-48)25-51(45(31)57)41(47(59)60)44(50)52-26-36-32(46(52)58)22-38(54)34-24-40(56)49(8,62-43(34)36)20-12-18-30(6)16-10-14-28(3)4/h13-14,17-18,21-22,39-41,44,53-56H,9-12,15-16,19-20,23-26,50H2,1-8H3,(H,59,60)/b29-17+,30-18+. The molecule has 4 heterocycles. The van der Waals surface area contributed by atoms with Crippen LogP contribution in [0.15, 0.2) is 58.7 Å². The fourth-order valence-corrected chi connectivity index (χ4v) is 9.14. The van der Waals surface area contributed by atoms with Crippen LogP contribution in [0.3, 0.4) is 0 Å². The Morgan fingerprint density at radius 3 is 1.52 bits per heavy atom. The molecule has 0 saturated carbocycles. The summed E-state index contributed by atoms with van der Waals surface area (Å²) in [4.78, 5) is 43.6. The second-order valence-corrected chi connectivity index (χ2v) is 18.7. The third-order valence-corrected chi connectivity index (χ3v) is 13.2. The summed E-state index contributed by atoms with van der Waals surface area (Å²) in [7, 11) is 0. The molecular weight excluding hydrogens is 791 g/mol. The summed E-state index contributed by atoms with van der Waals surface area (Å²) in [6, 6.07) is 0.844. The van der Waals surface area contributed by atoms with Gasteiger partial charge in [0.25, 0.3) is 11.8 Å². The van der Waals surface area contributed by atoms with Crippen molar-refractivity contribution in [2.45, 2.75) is 168 Å². The maximum Gasteiger partial charge on any atom is 0.330 e. The van der Waals surface area contributed by atoms with Crippen LogP contribution in [-0.2, 0) is 30.7 Å². The Balaban J connectivity index is 1.21. The van der Waals surface area contributed by atoms with Gasteiger partial charge in [0, 0.05) is 35.1 Å². The van der Waals surface area contributed by atoms with E-state index in [1.165, 1.54) is 34.4 Å². The van der Waals surface area contributed by atoms with E-state index < -0.39 is 53.4 Å². The number of fused-ring (bicyclic) bond motifs is 6. The third-order valence-electron chi connectivity index (χ3n) is 13.2. The first-order chi connectivity index (χ1) is 29.2. The van der Waals surface area contributed by atoms with Gasteiger partial charge in [-0.3, -0.25) is 9.59 Å². The van der Waals surface area contributed by atoms with Crippen LogP contribution in [0.5, 0.6) is 23.0 Å². The molecule has 0 aliphatic carbocycles. The Hall–Kier alpha value is -5.11. The lowest BCUT2D eigenvalue weighted by Crippen LogP contribution is -2.60. The molecule has 4 aliphatic heterocycles. The number of aromatic hydroxyl groups is 2. The van der Waals surface area contributed by atoms with Gasteiger partial charge in [0.15, 0.2) is 6.04 Å². The van der Waals surface area contributed by atoms with E-state index in [2.05, 4.69) is 65.8 Å². The summed E-state index contributed by atoms with van der Waals surface area (Å²) in [6.45, 7) is 15.6. The molecule has 0 bridgehead atoms. The van der Waals surface area contributed by atoms with E-state index in [9.17, 15) is 39.9 Å². The zero-order valence-corrected chi connectivity index (χ0v) is 37.5. The number of aliphatic carboxylic acids is 1. The minimum absolute atomic E-state index is 0.0488. The number of nitrogens with zero attached hydrogens (tertiary/aromatic N) is 2. The Morgan fingerprint density at radius 2 is 1.11 bits per heavy atom. The normalized spacial score (nSPS) is 24.0. The van der Waals surface area contributed by atoms with E-state index in [1.54, 1.807) is 13.8 Å². The highest BCUT2D eigenvalue weighted by atomic mass is 16.5. The number of carboxylic acid groups (broad SMARTS) is 1. The average molecular weight is 856 g/mol. The van der Waals surface area contributed by atoms with Gasteiger partial charge in [0.1, 0.15) is 40.4 Å². The number of benzene rings is 2. The number of carboxylic acids is 1. The number of phenols is 2. The molecule has 13 nitrogen and oxygen atoms in total. The quantitative estimate of drug-likeness (QED) is 0.0913. The molecule has 0 fully saturated rings. The number of phenolic OH excluding ortho intramolecular Hbond substituents is 2. The number of rotatable bonds is 16. The molecule has 7 N–H and O–H groups in total. The second kappa shape index (κ2) is 18.3. The number of aliphatic hydroxyl groups excluding tert-OH is 2. The summed E-state index contributed by atoms with van der Waals surface area (Å²) >= 11 is 0. The second-order valence-electron chi connectivity index (χ2n) is 18.7. The van der Waals surface area contributed by atoms with Crippen molar-refractivity contribution in [3.63, 3.8) is 0 Å². The largest absolute Gasteiger partial charge is 0.508 e. The van der Waals surface area contributed by atoms with Gasteiger partial charge in [0.05, 0.1) is 36.4 Å². The minimum atomic E-state index is -1.73. The van der Waals surface area contributed by atoms with Gasteiger partial charge in [-0.05, 0) is 119 Å². The van der Waals surface area contributed by atoms with Crippen LogP contribution in [0.4, 0.5) is 0 Å². The van der Waals surface area contributed by atoms with Crippen LogP contribution >= 0.6 is 0 Å². The fourth-order valence-electron chi connectivity index (χ4n) is 9.14. The monoisotopic (exact) mass is 855 g/mol. The number of aliphatic hydroxyl groups is 2.